The normalized spacial score (nSPS) is 11.2. The van der Waals surface area contributed by atoms with Crippen LogP contribution < -0.4 is 21.7 Å². The quantitative estimate of drug-likeness (QED) is 0.361. The molecule has 0 saturated heterocycles. The van der Waals surface area contributed by atoms with Crippen LogP contribution in [0.15, 0.2) is 0 Å². The lowest BCUT2D eigenvalue weighted by Crippen LogP contribution is -2.30. The van der Waals surface area contributed by atoms with Crippen molar-refractivity contribution in [2.24, 2.45) is 11.7 Å². The Bertz CT molecular complexity index is 128. The standard InChI is InChI=1S/C12H30N4/c1-12(2)11-16-8-4-7-15-10-9-14-6-3-5-13/h12,14-16H,3-11,13H2,1-2H3. The van der Waals surface area contributed by atoms with Gasteiger partial charge in [0, 0.05) is 13.1 Å². The molecule has 0 aromatic heterocycles. The molecular weight excluding hydrogens is 200 g/mol. The molecule has 0 unspecified atom stereocenters. The first-order valence-electron chi connectivity index (χ1n) is 6.59. The second-order valence-electron chi connectivity index (χ2n) is 4.59. The van der Waals surface area contributed by atoms with Crippen LogP contribution in [0.2, 0.25) is 0 Å². The minimum absolute atomic E-state index is 0.750. The van der Waals surface area contributed by atoms with Crippen LogP contribution in [-0.4, -0.2) is 45.8 Å². The van der Waals surface area contributed by atoms with Gasteiger partial charge in [-0.2, -0.15) is 0 Å². The van der Waals surface area contributed by atoms with Crippen LogP contribution in [0, 0.1) is 5.92 Å². The summed E-state index contributed by atoms with van der Waals surface area (Å²) in [6.45, 7) is 11.7. The van der Waals surface area contributed by atoms with Crippen molar-refractivity contribution in [1.82, 2.24) is 16.0 Å². The van der Waals surface area contributed by atoms with Crippen molar-refractivity contribution in [2.75, 3.05) is 45.8 Å². The average molecular weight is 230 g/mol. The molecule has 16 heavy (non-hydrogen) atoms. The maximum Gasteiger partial charge on any atom is 0.00767 e. The maximum atomic E-state index is 5.40. The minimum atomic E-state index is 0.750. The fraction of sp³-hybridized carbons (Fsp3) is 1.00. The largest absolute Gasteiger partial charge is 0.330 e. The SMILES string of the molecule is CC(C)CNCCCNCCNCCCN. The molecule has 0 radical (unpaired) electrons. The van der Waals surface area contributed by atoms with Crippen molar-refractivity contribution >= 4 is 0 Å². The van der Waals surface area contributed by atoms with Gasteiger partial charge < -0.3 is 21.7 Å². The summed E-state index contributed by atoms with van der Waals surface area (Å²) in [5.41, 5.74) is 5.40. The molecule has 0 amide bonds. The Hall–Kier alpha value is -0.160. The molecule has 0 aromatic rings. The molecule has 0 spiro atoms. The lowest BCUT2D eigenvalue weighted by Gasteiger charge is -2.08. The Morgan fingerprint density at radius 2 is 1.38 bits per heavy atom. The van der Waals surface area contributed by atoms with E-state index in [-0.39, 0.29) is 0 Å². The summed E-state index contributed by atoms with van der Waals surface area (Å²) >= 11 is 0. The highest BCUT2D eigenvalue weighted by Gasteiger charge is 1.92. The van der Waals surface area contributed by atoms with E-state index in [9.17, 15) is 0 Å². The molecular formula is C12H30N4. The van der Waals surface area contributed by atoms with Crippen molar-refractivity contribution in [3.8, 4) is 0 Å². The highest BCUT2D eigenvalue weighted by molar-refractivity contribution is 4.55. The van der Waals surface area contributed by atoms with Crippen LogP contribution in [-0.2, 0) is 0 Å². The number of hydrogen-bond donors (Lipinski definition) is 4. The van der Waals surface area contributed by atoms with E-state index in [1.54, 1.807) is 0 Å². The van der Waals surface area contributed by atoms with E-state index in [1.807, 2.05) is 0 Å². The molecule has 5 N–H and O–H groups in total. The Morgan fingerprint density at radius 1 is 0.812 bits per heavy atom. The van der Waals surface area contributed by atoms with Crippen molar-refractivity contribution in [2.45, 2.75) is 26.7 Å². The predicted octanol–water partition coefficient (Wildman–Crippen LogP) is 0.150. The minimum Gasteiger partial charge on any atom is -0.330 e. The zero-order valence-electron chi connectivity index (χ0n) is 11.0. The van der Waals surface area contributed by atoms with E-state index in [0.29, 0.717) is 0 Å². The molecule has 0 aromatic carbocycles. The van der Waals surface area contributed by atoms with Gasteiger partial charge in [0.05, 0.1) is 0 Å². The van der Waals surface area contributed by atoms with Gasteiger partial charge in [-0.25, -0.2) is 0 Å². The number of rotatable bonds is 12. The number of hydrogen-bond acceptors (Lipinski definition) is 4. The van der Waals surface area contributed by atoms with Gasteiger partial charge in [0.15, 0.2) is 0 Å². The van der Waals surface area contributed by atoms with Crippen LogP contribution in [0.4, 0.5) is 0 Å². The van der Waals surface area contributed by atoms with E-state index in [2.05, 4.69) is 29.8 Å². The van der Waals surface area contributed by atoms with Gasteiger partial charge in [-0.3, -0.25) is 0 Å². The fourth-order valence-corrected chi connectivity index (χ4v) is 1.38. The van der Waals surface area contributed by atoms with Gasteiger partial charge in [0.1, 0.15) is 0 Å². The van der Waals surface area contributed by atoms with Crippen molar-refractivity contribution < 1.29 is 0 Å². The van der Waals surface area contributed by atoms with Gasteiger partial charge in [0.25, 0.3) is 0 Å². The average Bonchev–Trinajstić information content (AvgIpc) is 2.25. The van der Waals surface area contributed by atoms with Crippen molar-refractivity contribution in [3.05, 3.63) is 0 Å². The van der Waals surface area contributed by atoms with Crippen LogP contribution in [0.3, 0.4) is 0 Å². The zero-order valence-corrected chi connectivity index (χ0v) is 11.0. The third-order valence-electron chi connectivity index (χ3n) is 2.30. The van der Waals surface area contributed by atoms with E-state index in [1.165, 1.54) is 6.42 Å². The topological polar surface area (TPSA) is 62.1 Å². The lowest BCUT2D eigenvalue weighted by atomic mass is 10.2. The second-order valence-corrected chi connectivity index (χ2v) is 4.59. The molecule has 0 rings (SSSR count). The molecule has 0 aliphatic rings. The lowest BCUT2D eigenvalue weighted by molar-refractivity contribution is 0.526. The third-order valence-corrected chi connectivity index (χ3v) is 2.30. The smallest absolute Gasteiger partial charge is 0.00767 e. The summed E-state index contributed by atoms with van der Waals surface area (Å²) in [5.74, 6) is 0.750. The third kappa shape index (κ3) is 13.8. The molecule has 0 bridgehead atoms. The Kier molecular flexibility index (Phi) is 12.8. The Labute approximate surface area is 101 Å². The monoisotopic (exact) mass is 230 g/mol. The van der Waals surface area contributed by atoms with E-state index < -0.39 is 0 Å². The highest BCUT2D eigenvalue weighted by atomic mass is 14.9. The van der Waals surface area contributed by atoms with Crippen LogP contribution in [0.1, 0.15) is 26.7 Å². The van der Waals surface area contributed by atoms with Crippen LogP contribution in [0.25, 0.3) is 0 Å². The summed E-state index contributed by atoms with van der Waals surface area (Å²) in [6, 6.07) is 0. The summed E-state index contributed by atoms with van der Waals surface area (Å²) in [5, 5.41) is 10.2. The summed E-state index contributed by atoms with van der Waals surface area (Å²) < 4.78 is 0. The summed E-state index contributed by atoms with van der Waals surface area (Å²) in [4.78, 5) is 0. The van der Waals surface area contributed by atoms with Crippen LogP contribution in [0.5, 0.6) is 0 Å². The molecule has 98 valence electrons. The first-order valence-corrected chi connectivity index (χ1v) is 6.59. The van der Waals surface area contributed by atoms with Gasteiger partial charge >= 0.3 is 0 Å². The van der Waals surface area contributed by atoms with E-state index in [0.717, 1.165) is 58.2 Å². The fourth-order valence-electron chi connectivity index (χ4n) is 1.38. The summed E-state index contributed by atoms with van der Waals surface area (Å²) in [7, 11) is 0. The van der Waals surface area contributed by atoms with Gasteiger partial charge in [-0.05, 0) is 51.5 Å². The molecule has 0 heterocycles. The maximum absolute atomic E-state index is 5.40. The van der Waals surface area contributed by atoms with Gasteiger partial charge in [0.2, 0.25) is 0 Å². The van der Waals surface area contributed by atoms with Crippen molar-refractivity contribution in [3.63, 3.8) is 0 Å². The molecule has 0 aliphatic carbocycles. The van der Waals surface area contributed by atoms with E-state index >= 15 is 0 Å². The molecule has 0 aliphatic heterocycles. The second kappa shape index (κ2) is 12.9. The van der Waals surface area contributed by atoms with Crippen LogP contribution >= 0.6 is 0 Å². The Morgan fingerprint density at radius 3 is 1.94 bits per heavy atom. The highest BCUT2D eigenvalue weighted by Crippen LogP contribution is 1.86. The van der Waals surface area contributed by atoms with Gasteiger partial charge in [-0.1, -0.05) is 13.8 Å². The number of nitrogens with one attached hydrogen (secondary N) is 3. The summed E-state index contributed by atoms with van der Waals surface area (Å²) in [6.07, 6.45) is 2.27. The molecule has 4 heteroatoms. The molecule has 4 nitrogen and oxygen atoms in total. The molecule has 0 fully saturated rings. The number of nitrogens with two attached hydrogens (primary N) is 1. The van der Waals surface area contributed by atoms with Gasteiger partial charge in [-0.15, -0.1) is 0 Å². The van der Waals surface area contributed by atoms with Crippen molar-refractivity contribution in [1.29, 1.82) is 0 Å². The predicted molar refractivity (Wildman–Crippen MR) is 71.7 cm³/mol. The molecule has 0 atom stereocenters. The first-order chi connectivity index (χ1) is 7.77. The van der Waals surface area contributed by atoms with E-state index in [4.69, 9.17) is 5.73 Å². The molecule has 0 saturated carbocycles. The first kappa shape index (κ1) is 15.8. The Balaban J connectivity index is 2.88. The zero-order chi connectivity index (χ0) is 12.1.